The van der Waals surface area contributed by atoms with Gasteiger partial charge in [-0.1, -0.05) is 13.8 Å². The second-order valence-electron chi connectivity index (χ2n) is 3.72. The summed E-state index contributed by atoms with van der Waals surface area (Å²) in [4.78, 5) is 0. The van der Waals surface area contributed by atoms with Crippen molar-refractivity contribution < 1.29 is 9.84 Å². The molecule has 1 saturated heterocycles. The molecule has 1 rings (SSSR count). The van der Waals surface area contributed by atoms with E-state index in [9.17, 15) is 5.11 Å². The van der Waals surface area contributed by atoms with Crippen LogP contribution in [-0.4, -0.2) is 23.9 Å². The molecular weight excluding hydrogens is 140 g/mol. The van der Waals surface area contributed by atoms with Crippen LogP contribution in [0, 0.1) is 5.92 Å². The van der Waals surface area contributed by atoms with E-state index < -0.39 is 5.60 Å². The van der Waals surface area contributed by atoms with Gasteiger partial charge in [0, 0.05) is 13.2 Å². The summed E-state index contributed by atoms with van der Waals surface area (Å²) in [5.74, 6) is 0.351. The summed E-state index contributed by atoms with van der Waals surface area (Å²) in [6, 6.07) is 0. The smallest absolute Gasteiger partial charge is 0.0693 e. The zero-order valence-corrected chi connectivity index (χ0v) is 7.47. The topological polar surface area (TPSA) is 29.5 Å². The molecule has 1 heterocycles. The van der Waals surface area contributed by atoms with Gasteiger partial charge in [0.1, 0.15) is 0 Å². The maximum absolute atomic E-state index is 10.0. The van der Waals surface area contributed by atoms with Crippen molar-refractivity contribution in [1.29, 1.82) is 0 Å². The Balaban J connectivity index is 2.52. The largest absolute Gasteiger partial charge is 0.390 e. The van der Waals surface area contributed by atoms with Crippen molar-refractivity contribution in [3.63, 3.8) is 0 Å². The standard InChI is InChI=1S/C9H18O2/c1-8(2)9(10)4-3-6-11-7-5-9/h8,10H,3-7H2,1-2H3. The van der Waals surface area contributed by atoms with Crippen LogP contribution in [0.2, 0.25) is 0 Å². The van der Waals surface area contributed by atoms with Crippen LogP contribution in [0.3, 0.4) is 0 Å². The lowest BCUT2D eigenvalue weighted by atomic mass is 9.84. The lowest BCUT2D eigenvalue weighted by Gasteiger charge is -2.30. The molecule has 0 aromatic rings. The molecule has 0 aromatic carbocycles. The van der Waals surface area contributed by atoms with Crippen molar-refractivity contribution >= 4 is 0 Å². The van der Waals surface area contributed by atoms with E-state index in [0.29, 0.717) is 12.5 Å². The Morgan fingerprint density at radius 3 is 2.64 bits per heavy atom. The third-order valence-corrected chi connectivity index (χ3v) is 2.65. The predicted molar refractivity (Wildman–Crippen MR) is 44.5 cm³/mol. The highest BCUT2D eigenvalue weighted by molar-refractivity contribution is 4.82. The average Bonchev–Trinajstić information content (AvgIpc) is 2.15. The second-order valence-corrected chi connectivity index (χ2v) is 3.72. The third kappa shape index (κ3) is 2.17. The summed E-state index contributed by atoms with van der Waals surface area (Å²) in [6.45, 7) is 5.68. The summed E-state index contributed by atoms with van der Waals surface area (Å²) >= 11 is 0. The van der Waals surface area contributed by atoms with Crippen LogP contribution in [0.25, 0.3) is 0 Å². The van der Waals surface area contributed by atoms with E-state index in [1.54, 1.807) is 0 Å². The maximum Gasteiger partial charge on any atom is 0.0693 e. The van der Waals surface area contributed by atoms with E-state index >= 15 is 0 Å². The Hall–Kier alpha value is -0.0800. The number of hydrogen-bond donors (Lipinski definition) is 1. The minimum Gasteiger partial charge on any atom is -0.390 e. The van der Waals surface area contributed by atoms with Crippen molar-refractivity contribution in [2.24, 2.45) is 5.92 Å². The predicted octanol–water partition coefficient (Wildman–Crippen LogP) is 1.57. The molecule has 1 atom stereocenters. The number of rotatable bonds is 1. The Kier molecular flexibility index (Phi) is 2.90. The molecule has 1 fully saturated rings. The molecular formula is C9H18O2. The second kappa shape index (κ2) is 3.55. The molecule has 2 heteroatoms. The molecule has 0 radical (unpaired) electrons. The SMILES string of the molecule is CC(C)C1(O)CCCOCC1. The van der Waals surface area contributed by atoms with Crippen LogP contribution in [-0.2, 0) is 4.74 Å². The first-order chi connectivity index (χ1) is 5.15. The van der Waals surface area contributed by atoms with E-state index in [4.69, 9.17) is 4.74 Å². The Morgan fingerprint density at radius 1 is 1.27 bits per heavy atom. The van der Waals surface area contributed by atoms with Gasteiger partial charge in [-0.15, -0.1) is 0 Å². The van der Waals surface area contributed by atoms with Gasteiger partial charge in [-0.25, -0.2) is 0 Å². The third-order valence-electron chi connectivity index (χ3n) is 2.65. The molecule has 1 aliphatic heterocycles. The van der Waals surface area contributed by atoms with Crippen LogP contribution in [0.4, 0.5) is 0 Å². The number of ether oxygens (including phenoxy) is 1. The highest BCUT2D eigenvalue weighted by Gasteiger charge is 2.31. The first kappa shape index (κ1) is 9.01. The summed E-state index contributed by atoms with van der Waals surface area (Å²) in [6.07, 6.45) is 2.68. The summed E-state index contributed by atoms with van der Waals surface area (Å²) < 4.78 is 5.28. The molecule has 2 nitrogen and oxygen atoms in total. The Labute approximate surface area is 68.6 Å². The molecule has 1 aliphatic rings. The van der Waals surface area contributed by atoms with Gasteiger partial charge in [0.05, 0.1) is 5.60 Å². The fourth-order valence-electron chi connectivity index (χ4n) is 1.53. The van der Waals surface area contributed by atoms with Crippen molar-refractivity contribution in [3.05, 3.63) is 0 Å². The normalized spacial score (nSPS) is 33.8. The van der Waals surface area contributed by atoms with Crippen molar-refractivity contribution in [2.45, 2.75) is 38.7 Å². The van der Waals surface area contributed by atoms with Crippen molar-refractivity contribution in [2.75, 3.05) is 13.2 Å². The fourth-order valence-corrected chi connectivity index (χ4v) is 1.53. The van der Waals surface area contributed by atoms with Gasteiger partial charge in [0.15, 0.2) is 0 Å². The average molecular weight is 158 g/mol. The Bertz CT molecular complexity index is 113. The van der Waals surface area contributed by atoms with Crippen molar-refractivity contribution in [1.82, 2.24) is 0 Å². The molecule has 66 valence electrons. The fraction of sp³-hybridized carbons (Fsp3) is 1.00. The monoisotopic (exact) mass is 158 g/mol. The molecule has 0 aliphatic carbocycles. The van der Waals surface area contributed by atoms with E-state index in [2.05, 4.69) is 13.8 Å². The molecule has 0 amide bonds. The van der Waals surface area contributed by atoms with Gasteiger partial charge in [0.25, 0.3) is 0 Å². The van der Waals surface area contributed by atoms with Gasteiger partial charge >= 0.3 is 0 Å². The van der Waals surface area contributed by atoms with E-state index in [1.165, 1.54) is 0 Å². The van der Waals surface area contributed by atoms with Crippen LogP contribution in [0.5, 0.6) is 0 Å². The zero-order chi connectivity index (χ0) is 8.32. The van der Waals surface area contributed by atoms with E-state index in [1.807, 2.05) is 0 Å². The maximum atomic E-state index is 10.0. The first-order valence-corrected chi connectivity index (χ1v) is 4.45. The molecule has 0 bridgehead atoms. The van der Waals surface area contributed by atoms with Gasteiger partial charge in [-0.3, -0.25) is 0 Å². The first-order valence-electron chi connectivity index (χ1n) is 4.45. The lowest BCUT2D eigenvalue weighted by molar-refractivity contribution is -0.0226. The summed E-state index contributed by atoms with van der Waals surface area (Å²) in [7, 11) is 0. The van der Waals surface area contributed by atoms with Gasteiger partial charge < -0.3 is 9.84 Å². The molecule has 0 saturated carbocycles. The van der Waals surface area contributed by atoms with Crippen LogP contribution in [0.15, 0.2) is 0 Å². The number of hydrogen-bond acceptors (Lipinski definition) is 2. The van der Waals surface area contributed by atoms with Gasteiger partial charge in [-0.05, 0) is 25.2 Å². The highest BCUT2D eigenvalue weighted by atomic mass is 16.5. The molecule has 0 spiro atoms. The molecule has 0 aromatic heterocycles. The van der Waals surface area contributed by atoms with Gasteiger partial charge in [0.2, 0.25) is 0 Å². The highest BCUT2D eigenvalue weighted by Crippen LogP contribution is 2.28. The number of aliphatic hydroxyl groups is 1. The minimum atomic E-state index is -0.462. The minimum absolute atomic E-state index is 0.351. The van der Waals surface area contributed by atoms with Crippen LogP contribution >= 0.6 is 0 Å². The molecule has 11 heavy (non-hydrogen) atoms. The molecule has 1 unspecified atom stereocenters. The zero-order valence-electron chi connectivity index (χ0n) is 7.47. The quantitative estimate of drug-likeness (QED) is 0.627. The van der Waals surface area contributed by atoms with Gasteiger partial charge in [-0.2, -0.15) is 0 Å². The lowest BCUT2D eigenvalue weighted by Crippen LogP contribution is -2.35. The van der Waals surface area contributed by atoms with E-state index in [-0.39, 0.29) is 0 Å². The summed E-state index contributed by atoms with van der Waals surface area (Å²) in [5.41, 5.74) is -0.462. The molecule has 1 N–H and O–H groups in total. The van der Waals surface area contributed by atoms with E-state index in [0.717, 1.165) is 25.9 Å². The Morgan fingerprint density at radius 2 is 2.00 bits per heavy atom. The van der Waals surface area contributed by atoms with Crippen LogP contribution < -0.4 is 0 Å². The van der Waals surface area contributed by atoms with Crippen LogP contribution in [0.1, 0.15) is 33.1 Å². The summed E-state index contributed by atoms with van der Waals surface area (Å²) in [5, 5.41) is 10.0. The van der Waals surface area contributed by atoms with Crippen molar-refractivity contribution in [3.8, 4) is 0 Å².